The van der Waals surface area contributed by atoms with Crippen molar-refractivity contribution in [3.8, 4) is 0 Å². The van der Waals surface area contributed by atoms with Gasteiger partial charge in [0.15, 0.2) is 0 Å². The molecular weight excluding hydrogens is 390 g/mol. The van der Waals surface area contributed by atoms with E-state index in [2.05, 4.69) is 60.7 Å². The zero-order valence-corrected chi connectivity index (χ0v) is 19.1. The average Bonchev–Trinajstić information content (AvgIpc) is 3.44. The summed E-state index contributed by atoms with van der Waals surface area (Å²) in [6.07, 6.45) is 10.5. The Morgan fingerprint density at radius 1 is 1.27 bits per heavy atom. The molecule has 0 radical (unpaired) electrons. The molecule has 1 aliphatic carbocycles. The number of hydrazone groups is 1. The molecule has 1 saturated carbocycles. The number of nitrogens with one attached hydrogen (secondary N) is 3. The number of hydrogen-bond donors (Lipinski definition) is 3. The molecule has 6 rings (SSSR count). The lowest BCUT2D eigenvalue weighted by Crippen LogP contribution is -2.37. The zero-order valence-electron chi connectivity index (χ0n) is 18.3. The van der Waals surface area contributed by atoms with E-state index in [0.29, 0.717) is 11.3 Å². The Balaban J connectivity index is 1.40. The predicted octanol–water partition coefficient (Wildman–Crippen LogP) is 4.99. The fourth-order valence-corrected chi connectivity index (χ4v) is 7.49. The van der Waals surface area contributed by atoms with E-state index in [1.54, 1.807) is 11.2 Å². The van der Waals surface area contributed by atoms with E-state index in [1.165, 1.54) is 70.5 Å². The molecule has 5 nitrogen and oxygen atoms in total. The van der Waals surface area contributed by atoms with Gasteiger partial charge >= 0.3 is 0 Å². The van der Waals surface area contributed by atoms with Crippen LogP contribution < -0.4 is 10.6 Å². The van der Waals surface area contributed by atoms with E-state index in [0.717, 1.165) is 5.92 Å². The number of rotatable bonds is 3. The maximum atomic E-state index is 4.47. The first kappa shape index (κ1) is 18.7. The second-order valence-electron chi connectivity index (χ2n) is 10.1. The van der Waals surface area contributed by atoms with Gasteiger partial charge in [0.1, 0.15) is 17.3 Å². The van der Waals surface area contributed by atoms with Gasteiger partial charge in [0.05, 0.1) is 5.69 Å². The number of aryl methyl sites for hydroxylation is 1. The fraction of sp³-hybridized carbons (Fsp3) is 0.542. The fourth-order valence-electron chi connectivity index (χ4n) is 6.16. The smallest absolute Gasteiger partial charge is 0.143 e. The van der Waals surface area contributed by atoms with Crippen molar-refractivity contribution in [2.45, 2.75) is 65.0 Å². The third-order valence-corrected chi connectivity index (χ3v) is 9.03. The summed E-state index contributed by atoms with van der Waals surface area (Å²) in [5, 5.41) is 14.9. The first-order valence-corrected chi connectivity index (χ1v) is 12.1. The number of nitrogens with zero attached hydrogens (tertiary/aromatic N) is 2. The van der Waals surface area contributed by atoms with Crippen LogP contribution in [-0.4, -0.2) is 35.6 Å². The Hall–Kier alpha value is -2.05. The van der Waals surface area contributed by atoms with E-state index in [1.807, 2.05) is 16.3 Å². The van der Waals surface area contributed by atoms with Crippen molar-refractivity contribution in [3.05, 3.63) is 39.5 Å². The lowest BCUT2D eigenvalue weighted by molar-refractivity contribution is 0.129. The number of thiophene rings is 1. The van der Waals surface area contributed by atoms with Crippen LogP contribution in [0.15, 0.2) is 23.0 Å². The van der Waals surface area contributed by atoms with Gasteiger partial charge < -0.3 is 15.6 Å². The van der Waals surface area contributed by atoms with Crippen LogP contribution in [0, 0.1) is 12.3 Å². The van der Waals surface area contributed by atoms with Gasteiger partial charge in [-0.05, 0) is 79.7 Å². The Bertz CT molecular complexity index is 1100. The molecule has 4 aliphatic rings. The van der Waals surface area contributed by atoms with Gasteiger partial charge in [-0.3, -0.25) is 0 Å². The van der Waals surface area contributed by atoms with E-state index < -0.39 is 0 Å². The molecule has 1 unspecified atom stereocenters. The highest BCUT2D eigenvalue weighted by Gasteiger charge is 2.47. The van der Waals surface area contributed by atoms with E-state index in [-0.39, 0.29) is 6.17 Å². The van der Waals surface area contributed by atoms with Crippen LogP contribution in [0.3, 0.4) is 0 Å². The highest BCUT2D eigenvalue weighted by Crippen LogP contribution is 2.57. The number of fused-ring (bicyclic) bond motifs is 2. The van der Waals surface area contributed by atoms with Crippen LogP contribution in [-0.2, 0) is 0 Å². The van der Waals surface area contributed by atoms with Gasteiger partial charge in [0, 0.05) is 28.6 Å². The molecule has 2 aromatic heterocycles. The van der Waals surface area contributed by atoms with Crippen LogP contribution in [0.5, 0.6) is 0 Å². The summed E-state index contributed by atoms with van der Waals surface area (Å²) in [6.45, 7) is 11.6. The van der Waals surface area contributed by atoms with E-state index in [4.69, 9.17) is 0 Å². The summed E-state index contributed by atoms with van der Waals surface area (Å²) in [7, 11) is 0. The monoisotopic (exact) mass is 421 g/mol. The van der Waals surface area contributed by atoms with Crippen molar-refractivity contribution in [2.24, 2.45) is 10.5 Å². The average molecular weight is 422 g/mol. The number of aromatic amines is 1. The van der Waals surface area contributed by atoms with Gasteiger partial charge in [0.25, 0.3) is 0 Å². The van der Waals surface area contributed by atoms with Crippen LogP contribution in [0.2, 0.25) is 0 Å². The topological polar surface area (TPSA) is 55.5 Å². The zero-order chi connectivity index (χ0) is 20.6. The maximum Gasteiger partial charge on any atom is 0.143 e. The highest BCUT2D eigenvalue weighted by molar-refractivity contribution is 7.19. The molecule has 0 bridgehead atoms. The predicted molar refractivity (Wildman–Crippen MR) is 126 cm³/mol. The third kappa shape index (κ3) is 2.59. The van der Waals surface area contributed by atoms with Crippen molar-refractivity contribution < 1.29 is 0 Å². The molecule has 2 aromatic rings. The van der Waals surface area contributed by atoms with Gasteiger partial charge in [-0.25, -0.2) is 5.01 Å². The summed E-state index contributed by atoms with van der Waals surface area (Å²) in [5.74, 6) is 1.22. The van der Waals surface area contributed by atoms with Crippen LogP contribution in [0.4, 0.5) is 0 Å². The summed E-state index contributed by atoms with van der Waals surface area (Å²) >= 11 is 2.01. The van der Waals surface area contributed by atoms with Crippen molar-refractivity contribution in [3.63, 3.8) is 0 Å². The van der Waals surface area contributed by atoms with Crippen molar-refractivity contribution >= 4 is 33.5 Å². The maximum absolute atomic E-state index is 4.47. The molecule has 1 spiro atoms. The molecule has 30 heavy (non-hydrogen) atoms. The molecule has 0 aromatic carbocycles. The summed E-state index contributed by atoms with van der Waals surface area (Å²) in [4.78, 5) is 6.81. The van der Waals surface area contributed by atoms with Gasteiger partial charge in [-0.2, -0.15) is 5.10 Å². The number of allylic oxidation sites excluding steroid dienone is 2. The second-order valence-corrected chi connectivity index (χ2v) is 11.1. The number of H-pyrrole nitrogens is 1. The van der Waals surface area contributed by atoms with Gasteiger partial charge in [-0.1, -0.05) is 13.8 Å². The van der Waals surface area contributed by atoms with Crippen LogP contribution in [0.25, 0.3) is 15.8 Å². The van der Waals surface area contributed by atoms with Crippen molar-refractivity contribution in [1.29, 1.82) is 0 Å². The standard InChI is InChI=1S/C24H31N5S/c1-13(2)18-19-15(4)21(17-8-24(9-17)5-6-25-11-24)30-23(19)28-20(18)16-7-14(3)22-26-12-27-29(22)10-16/h7,10,12-13,17,22,25,28H,5-6,8-9,11H2,1-4H3,(H,26,27)/t17-,22?,24-. The lowest BCUT2D eigenvalue weighted by atomic mass is 9.61. The highest BCUT2D eigenvalue weighted by atomic mass is 32.1. The van der Waals surface area contributed by atoms with E-state index in [9.17, 15) is 0 Å². The Morgan fingerprint density at radius 2 is 2.10 bits per heavy atom. The Labute approximate surface area is 182 Å². The quantitative estimate of drug-likeness (QED) is 0.654. The molecule has 3 N–H and O–H groups in total. The Morgan fingerprint density at radius 3 is 2.83 bits per heavy atom. The molecule has 1 saturated heterocycles. The van der Waals surface area contributed by atoms with Crippen LogP contribution in [0.1, 0.15) is 73.6 Å². The molecule has 158 valence electrons. The molecule has 3 aliphatic heterocycles. The van der Waals surface area contributed by atoms with Gasteiger partial charge in [-0.15, -0.1) is 11.3 Å². The molecule has 6 heteroatoms. The Kier molecular flexibility index (Phi) is 4.03. The number of aromatic nitrogens is 1. The van der Waals surface area contributed by atoms with Gasteiger partial charge in [0.2, 0.25) is 0 Å². The summed E-state index contributed by atoms with van der Waals surface area (Å²) in [5.41, 5.74) is 7.37. The minimum atomic E-state index is 0.164. The summed E-state index contributed by atoms with van der Waals surface area (Å²) in [6, 6.07) is 0. The summed E-state index contributed by atoms with van der Waals surface area (Å²) < 4.78 is 0. The van der Waals surface area contributed by atoms with Crippen LogP contribution >= 0.6 is 11.3 Å². The number of hydrogen-bond acceptors (Lipinski definition) is 5. The second kappa shape index (κ2) is 6.47. The molecule has 2 fully saturated rings. The molecular formula is C24H31N5S. The minimum Gasteiger partial charge on any atom is -0.350 e. The SMILES string of the molecule is CC1=CC(c2[nH]c3sc([C@H]4C[C@@]5(CCNC5)C4)c(C)c3c2C(C)C)=CN2N=CNC12. The van der Waals surface area contributed by atoms with Crippen molar-refractivity contribution in [2.75, 3.05) is 13.1 Å². The molecule has 0 amide bonds. The van der Waals surface area contributed by atoms with E-state index >= 15 is 0 Å². The minimum absolute atomic E-state index is 0.164. The largest absolute Gasteiger partial charge is 0.350 e. The molecule has 5 heterocycles. The lowest BCUT2D eigenvalue weighted by Gasteiger charge is -2.45. The first-order valence-electron chi connectivity index (χ1n) is 11.3. The third-order valence-electron chi connectivity index (χ3n) is 7.66. The van der Waals surface area contributed by atoms with Crippen molar-refractivity contribution in [1.82, 2.24) is 20.6 Å². The first-order chi connectivity index (χ1) is 14.5. The molecule has 1 atom stereocenters. The normalized spacial score (nSPS) is 30.1.